The molecule has 180 valence electrons. The summed E-state index contributed by atoms with van der Waals surface area (Å²) in [6.07, 6.45) is 0. The fourth-order valence-corrected chi connectivity index (χ4v) is 3.07. The second-order valence-electron chi connectivity index (χ2n) is 7.93. The lowest BCUT2D eigenvalue weighted by atomic mass is 10.3. The first kappa shape index (κ1) is 27.7. The van der Waals surface area contributed by atoms with Crippen LogP contribution in [-0.4, -0.2) is 127 Å². The van der Waals surface area contributed by atoms with E-state index in [1.807, 2.05) is 0 Å². The second-order valence-corrected chi connectivity index (χ2v) is 7.93. The lowest BCUT2D eigenvalue weighted by Gasteiger charge is -2.26. The van der Waals surface area contributed by atoms with Gasteiger partial charge < -0.3 is 28.4 Å². The first-order chi connectivity index (χ1) is 14.6. The molecule has 8 nitrogen and oxygen atoms in total. The van der Waals surface area contributed by atoms with Gasteiger partial charge in [-0.05, 0) is 27.7 Å². The van der Waals surface area contributed by atoms with Gasteiger partial charge in [-0.1, -0.05) is 0 Å². The molecule has 1 saturated heterocycles. The summed E-state index contributed by atoms with van der Waals surface area (Å²) < 4.78 is 34.0. The quantitative estimate of drug-likeness (QED) is 0.648. The second kappa shape index (κ2) is 19.4. The van der Waals surface area contributed by atoms with Crippen molar-refractivity contribution in [1.29, 1.82) is 0 Å². The Bertz CT molecular complexity index is 316. The van der Waals surface area contributed by atoms with Crippen LogP contribution in [0.2, 0.25) is 0 Å². The van der Waals surface area contributed by atoms with Crippen LogP contribution in [0.4, 0.5) is 0 Å². The van der Waals surface area contributed by atoms with Crippen LogP contribution < -0.4 is 0 Å². The van der Waals surface area contributed by atoms with E-state index in [1.165, 1.54) is 0 Å². The minimum absolute atomic E-state index is 0.462. The van der Waals surface area contributed by atoms with E-state index in [1.54, 1.807) is 0 Å². The summed E-state index contributed by atoms with van der Waals surface area (Å²) in [7, 11) is 0. The Hall–Kier alpha value is -0.320. The molecule has 1 rings (SSSR count). The van der Waals surface area contributed by atoms with Crippen LogP contribution in [0.15, 0.2) is 0 Å². The lowest BCUT2D eigenvalue weighted by molar-refractivity contribution is -0.00981. The fraction of sp³-hybridized carbons (Fsp3) is 1.00. The molecule has 8 heteroatoms. The molecule has 0 aliphatic carbocycles. The predicted octanol–water partition coefficient (Wildman–Crippen LogP) is 1.52. The fourth-order valence-electron chi connectivity index (χ4n) is 3.07. The first-order valence-corrected chi connectivity index (χ1v) is 11.6. The molecule has 1 aliphatic rings. The van der Waals surface area contributed by atoms with Crippen LogP contribution >= 0.6 is 0 Å². The summed E-state index contributed by atoms with van der Waals surface area (Å²) in [5, 5.41) is 0. The average Bonchev–Trinajstić information content (AvgIpc) is 2.71. The number of nitrogens with zero attached hydrogens (tertiary/aromatic N) is 2. The molecule has 30 heavy (non-hydrogen) atoms. The smallest absolute Gasteiger partial charge is 0.0701 e. The third kappa shape index (κ3) is 15.5. The van der Waals surface area contributed by atoms with Gasteiger partial charge in [-0.25, -0.2) is 0 Å². The Morgan fingerprint density at radius 1 is 0.367 bits per heavy atom. The molecule has 0 N–H and O–H groups in total. The highest BCUT2D eigenvalue weighted by Crippen LogP contribution is 1.99. The molecule has 0 amide bonds. The summed E-state index contributed by atoms with van der Waals surface area (Å²) in [5.41, 5.74) is 0. The topological polar surface area (TPSA) is 61.9 Å². The summed E-state index contributed by atoms with van der Waals surface area (Å²) in [4.78, 5) is 4.73. The monoisotopic (exact) mass is 434 g/mol. The zero-order chi connectivity index (χ0) is 21.9. The number of rotatable bonds is 2. The average molecular weight is 435 g/mol. The van der Waals surface area contributed by atoms with Gasteiger partial charge in [0.2, 0.25) is 0 Å². The Balaban J connectivity index is 2.31. The van der Waals surface area contributed by atoms with Gasteiger partial charge in [-0.15, -0.1) is 0 Å². The Kier molecular flexibility index (Phi) is 17.9. The van der Waals surface area contributed by atoms with Crippen molar-refractivity contribution in [3.05, 3.63) is 0 Å². The Morgan fingerprint density at radius 2 is 0.567 bits per heavy atom. The third-order valence-corrected chi connectivity index (χ3v) is 5.04. The molecule has 1 fully saturated rings. The van der Waals surface area contributed by atoms with Gasteiger partial charge in [0.25, 0.3) is 0 Å². The molecular formula is C22H46N2O6. The minimum atomic E-state index is 0.462. The summed E-state index contributed by atoms with van der Waals surface area (Å²) in [5.74, 6) is 0. The van der Waals surface area contributed by atoms with Crippen molar-refractivity contribution >= 4 is 0 Å². The third-order valence-electron chi connectivity index (χ3n) is 5.04. The van der Waals surface area contributed by atoms with Crippen LogP contribution in [0.3, 0.4) is 0 Å². The summed E-state index contributed by atoms with van der Waals surface area (Å²) >= 11 is 0. The number of hydrogen-bond acceptors (Lipinski definition) is 8. The molecule has 1 aliphatic heterocycles. The predicted molar refractivity (Wildman–Crippen MR) is 118 cm³/mol. The van der Waals surface area contributed by atoms with Crippen molar-refractivity contribution in [1.82, 2.24) is 9.80 Å². The van der Waals surface area contributed by atoms with E-state index >= 15 is 0 Å². The van der Waals surface area contributed by atoms with Crippen LogP contribution in [0.1, 0.15) is 27.7 Å². The van der Waals surface area contributed by atoms with E-state index in [9.17, 15) is 0 Å². The lowest BCUT2D eigenvalue weighted by Crippen LogP contribution is -2.37. The van der Waals surface area contributed by atoms with E-state index in [0.717, 1.165) is 26.2 Å². The molecule has 0 radical (unpaired) electrons. The SMILES string of the molecule is CC(C)N1CCOCCOCCOCCN(C(C)C)CCOCCOCCOCC1. The molecular weight excluding hydrogens is 388 g/mol. The number of ether oxygens (including phenoxy) is 6. The van der Waals surface area contributed by atoms with E-state index < -0.39 is 0 Å². The van der Waals surface area contributed by atoms with E-state index in [4.69, 9.17) is 28.4 Å². The largest absolute Gasteiger partial charge is 0.378 e. The molecule has 0 aromatic rings. The molecule has 0 spiro atoms. The van der Waals surface area contributed by atoms with Crippen LogP contribution in [0.25, 0.3) is 0 Å². The van der Waals surface area contributed by atoms with Crippen molar-refractivity contribution in [3.8, 4) is 0 Å². The molecule has 0 atom stereocenters. The summed E-state index contributed by atoms with van der Waals surface area (Å²) in [6, 6.07) is 0.924. The Morgan fingerprint density at radius 3 is 0.767 bits per heavy atom. The van der Waals surface area contributed by atoms with E-state index in [-0.39, 0.29) is 0 Å². The Labute approximate surface area is 184 Å². The highest BCUT2D eigenvalue weighted by Gasteiger charge is 2.10. The molecule has 0 bridgehead atoms. The standard InChI is InChI=1S/C22H46N2O6/c1-21(2)23-5-9-25-13-17-29-19-15-27-11-7-24(22(3)4)8-12-28-16-20-30-18-14-26-10-6-23/h21-22H,5-20H2,1-4H3. The van der Waals surface area contributed by atoms with E-state index in [0.29, 0.717) is 91.4 Å². The van der Waals surface area contributed by atoms with Crippen molar-refractivity contribution in [2.75, 3.05) is 105 Å². The maximum absolute atomic E-state index is 5.71. The van der Waals surface area contributed by atoms with Gasteiger partial charge in [0.05, 0.1) is 79.3 Å². The van der Waals surface area contributed by atoms with Gasteiger partial charge >= 0.3 is 0 Å². The maximum Gasteiger partial charge on any atom is 0.0701 e. The summed E-state index contributed by atoms with van der Waals surface area (Å²) in [6.45, 7) is 20.0. The zero-order valence-corrected chi connectivity index (χ0v) is 19.8. The van der Waals surface area contributed by atoms with Gasteiger partial charge in [-0.2, -0.15) is 0 Å². The highest BCUT2D eigenvalue weighted by atomic mass is 16.5. The van der Waals surface area contributed by atoms with Gasteiger partial charge in [0.1, 0.15) is 0 Å². The zero-order valence-electron chi connectivity index (χ0n) is 19.8. The number of hydrogen-bond donors (Lipinski definition) is 0. The van der Waals surface area contributed by atoms with Gasteiger partial charge in [-0.3, -0.25) is 9.80 Å². The highest BCUT2D eigenvalue weighted by molar-refractivity contribution is 4.63. The van der Waals surface area contributed by atoms with Crippen molar-refractivity contribution < 1.29 is 28.4 Å². The molecule has 0 aromatic carbocycles. The molecule has 0 aromatic heterocycles. The van der Waals surface area contributed by atoms with Gasteiger partial charge in [0.15, 0.2) is 0 Å². The van der Waals surface area contributed by atoms with Crippen molar-refractivity contribution in [3.63, 3.8) is 0 Å². The van der Waals surface area contributed by atoms with Crippen LogP contribution in [0.5, 0.6) is 0 Å². The maximum atomic E-state index is 5.71. The van der Waals surface area contributed by atoms with Crippen LogP contribution in [0, 0.1) is 0 Å². The first-order valence-electron chi connectivity index (χ1n) is 11.6. The van der Waals surface area contributed by atoms with Crippen molar-refractivity contribution in [2.45, 2.75) is 39.8 Å². The minimum Gasteiger partial charge on any atom is -0.378 e. The normalized spacial score (nSPS) is 23.4. The molecule has 1 heterocycles. The molecule has 0 saturated carbocycles. The van der Waals surface area contributed by atoms with Gasteiger partial charge in [0, 0.05) is 38.3 Å². The van der Waals surface area contributed by atoms with Crippen molar-refractivity contribution in [2.24, 2.45) is 0 Å². The molecule has 0 unspecified atom stereocenters. The van der Waals surface area contributed by atoms with E-state index in [2.05, 4.69) is 37.5 Å². The van der Waals surface area contributed by atoms with Crippen LogP contribution in [-0.2, 0) is 28.4 Å².